The van der Waals surface area contributed by atoms with Gasteiger partial charge in [-0.05, 0) is 23.9 Å². The van der Waals surface area contributed by atoms with Crippen molar-refractivity contribution in [2.45, 2.75) is 19.4 Å². The van der Waals surface area contributed by atoms with E-state index in [0.717, 1.165) is 30.5 Å². The zero-order valence-corrected chi connectivity index (χ0v) is 12.6. The van der Waals surface area contributed by atoms with E-state index in [9.17, 15) is 4.79 Å². The molecule has 6 heteroatoms. The molecule has 1 aliphatic heterocycles. The number of hydrogen-bond acceptors (Lipinski definition) is 4. The molecule has 0 aromatic carbocycles. The molecule has 0 saturated carbocycles. The van der Waals surface area contributed by atoms with Crippen molar-refractivity contribution in [1.29, 1.82) is 0 Å². The molecule has 1 aliphatic rings. The number of carboxylic acids is 1. The normalized spacial score (nSPS) is 19.5. The summed E-state index contributed by atoms with van der Waals surface area (Å²) in [7, 11) is 0. The monoisotopic (exact) mass is 302 g/mol. The van der Waals surface area contributed by atoms with E-state index in [1.807, 2.05) is 6.07 Å². The summed E-state index contributed by atoms with van der Waals surface area (Å²) in [6.45, 7) is 6.70. The topological polar surface area (TPSA) is 43.8 Å². The number of piperazine rings is 1. The Hall–Kier alpha value is -0.620. The Bertz CT molecular complexity index is 430. The molecule has 2 heterocycles. The van der Waals surface area contributed by atoms with E-state index in [-0.39, 0.29) is 6.42 Å². The molecule has 0 radical (unpaired) electrons. The molecule has 1 aromatic heterocycles. The van der Waals surface area contributed by atoms with Crippen LogP contribution in [0.2, 0.25) is 4.34 Å². The minimum atomic E-state index is -0.719. The Morgan fingerprint density at radius 3 is 2.68 bits per heavy atom. The van der Waals surface area contributed by atoms with Crippen LogP contribution in [-0.2, 0) is 4.79 Å². The van der Waals surface area contributed by atoms with Gasteiger partial charge in [-0.1, -0.05) is 11.6 Å². The van der Waals surface area contributed by atoms with Gasteiger partial charge in [0.05, 0.1) is 10.8 Å². The van der Waals surface area contributed by atoms with Crippen molar-refractivity contribution in [2.75, 3.05) is 32.7 Å². The van der Waals surface area contributed by atoms with Crippen molar-refractivity contribution in [3.05, 3.63) is 21.3 Å². The molecule has 19 heavy (non-hydrogen) atoms. The molecule has 0 bridgehead atoms. The van der Waals surface area contributed by atoms with Gasteiger partial charge in [-0.25, -0.2) is 0 Å². The smallest absolute Gasteiger partial charge is 0.304 e. The highest BCUT2D eigenvalue weighted by atomic mass is 35.5. The standard InChI is InChI=1S/C13H19ClN2O2S/c1-10(11-8-12(14)19-9-11)16-6-4-15(5-7-16)3-2-13(17)18/h8-10H,2-7H2,1H3,(H,17,18). The first-order valence-electron chi connectivity index (χ1n) is 6.48. The number of rotatable bonds is 5. The quantitative estimate of drug-likeness (QED) is 0.908. The molecular formula is C13H19ClN2O2S. The summed E-state index contributed by atoms with van der Waals surface area (Å²) in [6.07, 6.45) is 0.232. The summed E-state index contributed by atoms with van der Waals surface area (Å²) in [5.74, 6) is -0.719. The number of aliphatic carboxylic acids is 1. The molecular weight excluding hydrogens is 284 g/mol. The summed E-state index contributed by atoms with van der Waals surface area (Å²) in [6, 6.07) is 2.42. The molecule has 1 unspecified atom stereocenters. The maximum atomic E-state index is 10.6. The van der Waals surface area contributed by atoms with E-state index in [4.69, 9.17) is 16.7 Å². The molecule has 4 nitrogen and oxygen atoms in total. The van der Waals surface area contributed by atoms with E-state index in [1.165, 1.54) is 5.56 Å². The van der Waals surface area contributed by atoms with Crippen LogP contribution in [0.25, 0.3) is 0 Å². The lowest BCUT2D eigenvalue weighted by Gasteiger charge is -2.37. The molecule has 1 fully saturated rings. The van der Waals surface area contributed by atoms with Crippen molar-refractivity contribution >= 4 is 28.9 Å². The zero-order valence-electron chi connectivity index (χ0n) is 11.0. The predicted molar refractivity (Wildman–Crippen MR) is 78.0 cm³/mol. The highest BCUT2D eigenvalue weighted by molar-refractivity contribution is 7.14. The molecule has 0 aliphatic carbocycles. The Morgan fingerprint density at radius 2 is 2.16 bits per heavy atom. The molecule has 106 valence electrons. The Balaban J connectivity index is 1.81. The third-order valence-corrected chi connectivity index (χ3v) is 4.78. The van der Waals surface area contributed by atoms with Crippen LogP contribution < -0.4 is 0 Å². The lowest BCUT2D eigenvalue weighted by atomic mass is 10.1. The molecule has 1 aromatic rings. The molecule has 1 N–H and O–H groups in total. The van der Waals surface area contributed by atoms with Gasteiger partial charge in [0.2, 0.25) is 0 Å². The molecule has 2 rings (SSSR count). The van der Waals surface area contributed by atoms with Crippen LogP contribution in [-0.4, -0.2) is 53.6 Å². The third-order valence-electron chi connectivity index (χ3n) is 3.67. The van der Waals surface area contributed by atoms with Crippen molar-refractivity contribution in [1.82, 2.24) is 9.80 Å². The summed E-state index contributed by atoms with van der Waals surface area (Å²) >= 11 is 7.55. The molecule has 0 spiro atoms. The van der Waals surface area contributed by atoms with Crippen molar-refractivity contribution in [3.8, 4) is 0 Å². The van der Waals surface area contributed by atoms with E-state index < -0.39 is 5.97 Å². The van der Waals surface area contributed by atoms with Crippen LogP contribution in [0.4, 0.5) is 0 Å². The van der Waals surface area contributed by atoms with E-state index in [0.29, 0.717) is 12.6 Å². The van der Waals surface area contributed by atoms with E-state index >= 15 is 0 Å². The number of carboxylic acid groups (broad SMARTS) is 1. The van der Waals surface area contributed by atoms with Crippen LogP contribution in [0, 0.1) is 0 Å². The van der Waals surface area contributed by atoms with Crippen molar-refractivity contribution in [2.24, 2.45) is 0 Å². The highest BCUT2D eigenvalue weighted by Gasteiger charge is 2.22. The number of nitrogens with zero attached hydrogens (tertiary/aromatic N) is 2. The predicted octanol–water partition coefficient (Wildman–Crippen LogP) is 2.55. The Morgan fingerprint density at radius 1 is 1.47 bits per heavy atom. The Kier molecular flexibility index (Phi) is 5.21. The van der Waals surface area contributed by atoms with Gasteiger partial charge in [0, 0.05) is 38.8 Å². The van der Waals surface area contributed by atoms with Gasteiger partial charge < -0.3 is 10.0 Å². The summed E-state index contributed by atoms with van der Waals surface area (Å²) in [5, 5.41) is 10.8. The van der Waals surface area contributed by atoms with Crippen molar-refractivity contribution in [3.63, 3.8) is 0 Å². The van der Waals surface area contributed by atoms with Crippen LogP contribution in [0.3, 0.4) is 0 Å². The van der Waals surface area contributed by atoms with Gasteiger partial charge in [-0.3, -0.25) is 9.69 Å². The number of halogens is 1. The fraction of sp³-hybridized carbons (Fsp3) is 0.615. The zero-order chi connectivity index (χ0) is 13.8. The second-order valence-corrected chi connectivity index (χ2v) is 6.42. The number of hydrogen-bond donors (Lipinski definition) is 1. The average molecular weight is 303 g/mol. The van der Waals surface area contributed by atoms with Gasteiger partial charge in [-0.15, -0.1) is 11.3 Å². The number of carbonyl (C=O) groups is 1. The molecule has 1 saturated heterocycles. The first kappa shape index (κ1) is 14.8. The summed E-state index contributed by atoms with van der Waals surface area (Å²) < 4.78 is 0.835. The number of thiophene rings is 1. The van der Waals surface area contributed by atoms with E-state index in [1.54, 1.807) is 11.3 Å². The summed E-state index contributed by atoms with van der Waals surface area (Å²) in [4.78, 5) is 15.2. The summed E-state index contributed by atoms with van der Waals surface area (Å²) in [5.41, 5.74) is 1.27. The fourth-order valence-electron chi connectivity index (χ4n) is 2.38. The first-order valence-corrected chi connectivity index (χ1v) is 7.74. The first-order chi connectivity index (χ1) is 9.06. The van der Waals surface area contributed by atoms with Gasteiger partial charge in [0.25, 0.3) is 0 Å². The van der Waals surface area contributed by atoms with Gasteiger partial charge in [0.1, 0.15) is 0 Å². The SMILES string of the molecule is CC(c1csc(Cl)c1)N1CCN(CCC(=O)O)CC1. The second kappa shape index (κ2) is 6.70. The van der Waals surface area contributed by atoms with Crippen LogP contribution >= 0.6 is 22.9 Å². The van der Waals surface area contributed by atoms with Crippen LogP contribution in [0.15, 0.2) is 11.4 Å². The molecule has 1 atom stereocenters. The van der Waals surface area contributed by atoms with Gasteiger partial charge >= 0.3 is 5.97 Å². The second-order valence-electron chi connectivity index (χ2n) is 4.88. The third kappa shape index (κ3) is 4.18. The fourth-order valence-corrected chi connectivity index (χ4v) is 3.36. The lowest BCUT2D eigenvalue weighted by Crippen LogP contribution is -2.47. The van der Waals surface area contributed by atoms with Crippen LogP contribution in [0.1, 0.15) is 24.9 Å². The highest BCUT2D eigenvalue weighted by Crippen LogP contribution is 2.28. The van der Waals surface area contributed by atoms with Crippen LogP contribution in [0.5, 0.6) is 0 Å². The maximum absolute atomic E-state index is 10.6. The average Bonchev–Trinajstić information content (AvgIpc) is 2.83. The molecule has 0 amide bonds. The maximum Gasteiger partial charge on any atom is 0.304 e. The Labute approximate surface area is 122 Å². The minimum absolute atomic E-state index is 0.232. The van der Waals surface area contributed by atoms with E-state index in [2.05, 4.69) is 22.1 Å². The lowest BCUT2D eigenvalue weighted by molar-refractivity contribution is -0.137. The van der Waals surface area contributed by atoms with Crippen molar-refractivity contribution < 1.29 is 9.90 Å². The largest absolute Gasteiger partial charge is 0.481 e. The van der Waals surface area contributed by atoms with Gasteiger partial charge in [0.15, 0.2) is 0 Å². The van der Waals surface area contributed by atoms with Gasteiger partial charge in [-0.2, -0.15) is 0 Å². The minimum Gasteiger partial charge on any atom is -0.481 e.